The first kappa shape index (κ1) is 12.1. The van der Waals surface area contributed by atoms with Crippen LogP contribution in [0.1, 0.15) is 48.6 Å². The zero-order chi connectivity index (χ0) is 13.4. The minimum Gasteiger partial charge on any atom is -0.318 e. The number of nitrogens with zero attached hydrogens (tertiary/aromatic N) is 4. The molecule has 0 amide bonds. The van der Waals surface area contributed by atoms with Crippen molar-refractivity contribution < 1.29 is 0 Å². The van der Waals surface area contributed by atoms with Gasteiger partial charge in [0.05, 0.1) is 24.5 Å². The first-order valence-corrected chi connectivity index (χ1v) is 6.67. The lowest BCUT2D eigenvalue weighted by molar-refractivity contribution is 0.554. The average molecular weight is 254 g/mol. The third-order valence-corrected chi connectivity index (χ3v) is 3.60. The van der Waals surface area contributed by atoms with Gasteiger partial charge < -0.3 is 4.57 Å². The Morgan fingerprint density at radius 2 is 2.16 bits per heavy atom. The minimum atomic E-state index is 0.216. The molecule has 4 heteroatoms. The number of aromatic nitrogens is 3. The SMILES string of the molecule is Cc1ncc2n1C(c1cccnc1C(C)C)CN=C2. The van der Waals surface area contributed by atoms with Gasteiger partial charge in [-0.3, -0.25) is 9.98 Å². The Labute approximate surface area is 113 Å². The smallest absolute Gasteiger partial charge is 0.106 e. The van der Waals surface area contributed by atoms with E-state index in [-0.39, 0.29) is 6.04 Å². The lowest BCUT2D eigenvalue weighted by Gasteiger charge is -2.25. The highest BCUT2D eigenvalue weighted by molar-refractivity contribution is 5.78. The van der Waals surface area contributed by atoms with Gasteiger partial charge in [-0.2, -0.15) is 0 Å². The van der Waals surface area contributed by atoms with Gasteiger partial charge >= 0.3 is 0 Å². The highest BCUT2D eigenvalue weighted by Gasteiger charge is 2.24. The molecule has 0 saturated carbocycles. The van der Waals surface area contributed by atoms with E-state index in [2.05, 4.69) is 39.4 Å². The van der Waals surface area contributed by atoms with Crippen LogP contribution in [0, 0.1) is 6.92 Å². The number of aryl methyl sites for hydroxylation is 1. The fraction of sp³-hybridized carbons (Fsp3) is 0.400. The van der Waals surface area contributed by atoms with Crippen molar-refractivity contribution >= 4 is 6.21 Å². The van der Waals surface area contributed by atoms with Gasteiger partial charge in [0, 0.05) is 18.1 Å². The molecule has 0 spiro atoms. The molecule has 0 aliphatic carbocycles. The second-order valence-corrected chi connectivity index (χ2v) is 5.24. The molecule has 2 aromatic rings. The van der Waals surface area contributed by atoms with Crippen LogP contribution in [0.3, 0.4) is 0 Å². The second-order valence-electron chi connectivity index (χ2n) is 5.24. The van der Waals surface area contributed by atoms with Gasteiger partial charge in [-0.1, -0.05) is 19.9 Å². The summed E-state index contributed by atoms with van der Waals surface area (Å²) in [6, 6.07) is 4.39. The van der Waals surface area contributed by atoms with E-state index in [9.17, 15) is 0 Å². The Morgan fingerprint density at radius 3 is 2.95 bits per heavy atom. The lowest BCUT2D eigenvalue weighted by atomic mass is 9.97. The summed E-state index contributed by atoms with van der Waals surface area (Å²) in [7, 11) is 0. The summed E-state index contributed by atoms with van der Waals surface area (Å²) < 4.78 is 2.26. The minimum absolute atomic E-state index is 0.216. The summed E-state index contributed by atoms with van der Waals surface area (Å²) in [5.41, 5.74) is 3.49. The van der Waals surface area contributed by atoms with E-state index in [1.165, 1.54) is 5.56 Å². The summed E-state index contributed by atoms with van der Waals surface area (Å²) in [6.07, 6.45) is 5.66. The highest BCUT2D eigenvalue weighted by Crippen LogP contribution is 2.29. The Bertz CT molecular complexity index is 625. The van der Waals surface area contributed by atoms with Crippen LogP contribution in [0.2, 0.25) is 0 Å². The fourth-order valence-corrected chi connectivity index (χ4v) is 2.73. The standard InChI is InChI=1S/C15H18N4/c1-10(2)15-13(5-4-6-17-15)14-9-16-7-12-8-18-11(3)19(12)14/h4-8,10,14H,9H2,1-3H3. The maximum atomic E-state index is 4.55. The number of aliphatic imine (C=N–C) groups is 1. The van der Waals surface area contributed by atoms with E-state index in [0.717, 1.165) is 23.8 Å². The molecule has 0 N–H and O–H groups in total. The van der Waals surface area contributed by atoms with E-state index in [0.29, 0.717) is 5.92 Å². The van der Waals surface area contributed by atoms with Gasteiger partial charge in [-0.05, 0) is 24.5 Å². The third kappa shape index (κ3) is 1.97. The molecular formula is C15H18N4. The normalized spacial score (nSPS) is 17.8. The molecule has 3 rings (SSSR count). The molecule has 0 saturated heterocycles. The van der Waals surface area contributed by atoms with Crippen molar-refractivity contribution in [1.29, 1.82) is 0 Å². The van der Waals surface area contributed by atoms with E-state index in [4.69, 9.17) is 0 Å². The van der Waals surface area contributed by atoms with Crippen molar-refractivity contribution in [3.8, 4) is 0 Å². The quantitative estimate of drug-likeness (QED) is 0.827. The zero-order valence-corrected chi connectivity index (χ0v) is 11.5. The van der Waals surface area contributed by atoms with Crippen LogP contribution in [0.25, 0.3) is 0 Å². The first-order chi connectivity index (χ1) is 9.18. The molecule has 98 valence electrons. The summed E-state index contributed by atoms with van der Waals surface area (Å²) in [5.74, 6) is 1.44. The van der Waals surface area contributed by atoms with Crippen molar-refractivity contribution in [2.75, 3.05) is 6.54 Å². The van der Waals surface area contributed by atoms with Crippen molar-refractivity contribution in [2.24, 2.45) is 4.99 Å². The number of pyridine rings is 1. The van der Waals surface area contributed by atoms with Crippen LogP contribution in [0.5, 0.6) is 0 Å². The molecule has 1 atom stereocenters. The van der Waals surface area contributed by atoms with Crippen LogP contribution in [-0.2, 0) is 0 Å². The molecule has 3 heterocycles. The number of hydrogen-bond acceptors (Lipinski definition) is 3. The van der Waals surface area contributed by atoms with E-state index >= 15 is 0 Å². The van der Waals surface area contributed by atoms with Crippen LogP contribution >= 0.6 is 0 Å². The molecule has 0 aromatic carbocycles. The molecule has 4 nitrogen and oxygen atoms in total. The van der Waals surface area contributed by atoms with Crippen LogP contribution in [0.15, 0.2) is 29.5 Å². The molecule has 0 radical (unpaired) electrons. The summed E-state index contributed by atoms with van der Waals surface area (Å²) >= 11 is 0. The number of imidazole rings is 1. The largest absolute Gasteiger partial charge is 0.318 e. The summed E-state index contributed by atoms with van der Waals surface area (Å²) in [5, 5.41) is 0. The van der Waals surface area contributed by atoms with Crippen LogP contribution in [-0.4, -0.2) is 27.3 Å². The number of rotatable bonds is 2. The van der Waals surface area contributed by atoms with E-state index in [1.807, 2.05) is 31.6 Å². The van der Waals surface area contributed by atoms with Crippen LogP contribution in [0.4, 0.5) is 0 Å². The average Bonchev–Trinajstić information content (AvgIpc) is 2.81. The molecular weight excluding hydrogens is 236 g/mol. The molecule has 1 unspecified atom stereocenters. The molecule has 1 aliphatic rings. The van der Waals surface area contributed by atoms with Crippen molar-refractivity contribution in [3.63, 3.8) is 0 Å². The van der Waals surface area contributed by atoms with Gasteiger partial charge in [0.15, 0.2) is 0 Å². The molecule has 19 heavy (non-hydrogen) atoms. The Morgan fingerprint density at radius 1 is 1.32 bits per heavy atom. The van der Waals surface area contributed by atoms with E-state index in [1.54, 1.807) is 0 Å². The number of hydrogen-bond donors (Lipinski definition) is 0. The Hall–Kier alpha value is -1.97. The second kappa shape index (κ2) is 4.61. The van der Waals surface area contributed by atoms with E-state index < -0.39 is 0 Å². The summed E-state index contributed by atoms with van der Waals surface area (Å²) in [4.78, 5) is 13.4. The molecule has 0 fully saturated rings. The van der Waals surface area contributed by atoms with Gasteiger partial charge in [-0.25, -0.2) is 4.98 Å². The Balaban J connectivity index is 2.14. The first-order valence-electron chi connectivity index (χ1n) is 6.67. The van der Waals surface area contributed by atoms with Gasteiger partial charge in [0.2, 0.25) is 0 Å². The van der Waals surface area contributed by atoms with Crippen molar-refractivity contribution in [3.05, 3.63) is 47.3 Å². The van der Waals surface area contributed by atoms with Gasteiger partial charge in [-0.15, -0.1) is 0 Å². The third-order valence-electron chi connectivity index (χ3n) is 3.60. The predicted octanol–water partition coefficient (Wildman–Crippen LogP) is 2.73. The Kier molecular flexibility index (Phi) is 2.93. The lowest BCUT2D eigenvalue weighted by Crippen LogP contribution is -2.23. The van der Waals surface area contributed by atoms with Gasteiger partial charge in [0.25, 0.3) is 0 Å². The topological polar surface area (TPSA) is 43.1 Å². The fourth-order valence-electron chi connectivity index (χ4n) is 2.73. The zero-order valence-electron chi connectivity index (χ0n) is 11.5. The van der Waals surface area contributed by atoms with Crippen molar-refractivity contribution in [2.45, 2.75) is 32.7 Å². The maximum Gasteiger partial charge on any atom is 0.106 e. The monoisotopic (exact) mass is 254 g/mol. The predicted molar refractivity (Wildman–Crippen MR) is 75.9 cm³/mol. The van der Waals surface area contributed by atoms with Gasteiger partial charge in [0.1, 0.15) is 5.82 Å². The highest BCUT2D eigenvalue weighted by atomic mass is 15.1. The number of fused-ring (bicyclic) bond motifs is 1. The van der Waals surface area contributed by atoms with Crippen LogP contribution < -0.4 is 0 Å². The molecule has 1 aliphatic heterocycles. The molecule has 2 aromatic heterocycles. The maximum absolute atomic E-state index is 4.55. The van der Waals surface area contributed by atoms with Crippen molar-refractivity contribution in [1.82, 2.24) is 14.5 Å². The molecule has 0 bridgehead atoms. The summed E-state index contributed by atoms with van der Waals surface area (Å²) in [6.45, 7) is 7.16.